The van der Waals surface area contributed by atoms with Gasteiger partial charge in [-0.1, -0.05) is 55.3 Å². The van der Waals surface area contributed by atoms with Gasteiger partial charge in [-0.15, -0.1) is 0 Å². The smallest absolute Gasteiger partial charge is 0.248 e. The van der Waals surface area contributed by atoms with Crippen LogP contribution in [0.25, 0.3) is 27.7 Å². The molecule has 0 unspecified atom stereocenters. The second-order valence-electron chi connectivity index (χ2n) is 8.68. The number of amides is 1. The Morgan fingerprint density at radius 1 is 1.06 bits per heavy atom. The van der Waals surface area contributed by atoms with Crippen molar-refractivity contribution in [2.75, 3.05) is 12.4 Å². The molecule has 0 aliphatic heterocycles. The Bertz CT molecular complexity index is 1310. The predicted octanol–water partition coefficient (Wildman–Crippen LogP) is 7.80. The molecule has 1 heterocycles. The summed E-state index contributed by atoms with van der Waals surface area (Å²) < 4.78 is 11.4. The van der Waals surface area contributed by atoms with Crippen LogP contribution in [0.15, 0.2) is 77.4 Å². The van der Waals surface area contributed by atoms with E-state index in [0.717, 1.165) is 45.3 Å². The second kappa shape index (κ2) is 10.4. The average Bonchev–Trinajstić information content (AvgIpc) is 3.26. The van der Waals surface area contributed by atoms with Gasteiger partial charge >= 0.3 is 0 Å². The number of furan rings is 1. The number of aryl methyl sites for hydroxylation is 2. The van der Waals surface area contributed by atoms with E-state index in [1.165, 1.54) is 24.0 Å². The lowest BCUT2D eigenvalue weighted by Gasteiger charge is -2.10. The molecule has 34 heavy (non-hydrogen) atoms. The SMILES string of the molecule is CCCCc1ccc(NC(=O)/C=C(\C)c2cc3c(-c4ccc(C)cc4)coc3cc2OC)cc1. The molecule has 4 rings (SSSR count). The zero-order valence-corrected chi connectivity index (χ0v) is 20.3. The maximum absolute atomic E-state index is 12.7. The molecular formula is C30H31NO3. The summed E-state index contributed by atoms with van der Waals surface area (Å²) in [6, 6.07) is 20.3. The van der Waals surface area contributed by atoms with Gasteiger partial charge in [-0.3, -0.25) is 4.79 Å². The van der Waals surface area contributed by atoms with E-state index in [2.05, 4.69) is 55.6 Å². The largest absolute Gasteiger partial charge is 0.496 e. The summed E-state index contributed by atoms with van der Waals surface area (Å²) in [5.74, 6) is 0.492. The van der Waals surface area contributed by atoms with Gasteiger partial charge in [-0.2, -0.15) is 0 Å². The summed E-state index contributed by atoms with van der Waals surface area (Å²) in [6.45, 7) is 6.18. The van der Waals surface area contributed by atoms with Gasteiger partial charge in [0.2, 0.25) is 5.91 Å². The van der Waals surface area contributed by atoms with Crippen molar-refractivity contribution in [1.82, 2.24) is 0 Å². The lowest BCUT2D eigenvalue weighted by atomic mass is 9.99. The summed E-state index contributed by atoms with van der Waals surface area (Å²) in [5, 5.41) is 3.95. The number of nitrogens with one attached hydrogen (secondary N) is 1. The minimum absolute atomic E-state index is 0.174. The molecule has 0 radical (unpaired) electrons. The van der Waals surface area contributed by atoms with Gasteiger partial charge in [0.15, 0.2) is 0 Å². The molecule has 1 aromatic heterocycles. The van der Waals surface area contributed by atoms with Crippen LogP contribution < -0.4 is 10.1 Å². The molecule has 4 nitrogen and oxygen atoms in total. The molecule has 4 aromatic rings. The number of unbranched alkanes of at least 4 members (excludes halogenated alkanes) is 1. The van der Waals surface area contributed by atoms with Crippen LogP contribution in [0.5, 0.6) is 5.75 Å². The van der Waals surface area contributed by atoms with Gasteiger partial charge in [0, 0.05) is 34.3 Å². The first-order valence-corrected chi connectivity index (χ1v) is 11.7. The zero-order chi connectivity index (χ0) is 24.1. The van der Waals surface area contributed by atoms with Crippen molar-refractivity contribution in [2.24, 2.45) is 0 Å². The molecule has 174 valence electrons. The van der Waals surface area contributed by atoms with Crippen molar-refractivity contribution in [3.63, 3.8) is 0 Å². The van der Waals surface area contributed by atoms with E-state index >= 15 is 0 Å². The van der Waals surface area contributed by atoms with Crippen LogP contribution in [0, 0.1) is 6.92 Å². The van der Waals surface area contributed by atoms with Gasteiger partial charge in [-0.25, -0.2) is 0 Å². The van der Waals surface area contributed by atoms with Crippen molar-refractivity contribution in [3.8, 4) is 16.9 Å². The average molecular weight is 454 g/mol. The maximum atomic E-state index is 12.7. The third kappa shape index (κ3) is 5.23. The molecule has 1 N–H and O–H groups in total. The number of methoxy groups -OCH3 is 1. The van der Waals surface area contributed by atoms with E-state index in [1.54, 1.807) is 19.4 Å². The number of ether oxygens (including phenoxy) is 1. The molecule has 0 atom stereocenters. The molecule has 4 heteroatoms. The molecule has 0 fully saturated rings. The van der Waals surface area contributed by atoms with Crippen LogP contribution >= 0.6 is 0 Å². The minimum atomic E-state index is -0.174. The van der Waals surface area contributed by atoms with Crippen molar-refractivity contribution in [3.05, 3.63) is 89.7 Å². The number of benzene rings is 3. The highest BCUT2D eigenvalue weighted by atomic mass is 16.5. The van der Waals surface area contributed by atoms with Crippen LogP contribution in [-0.4, -0.2) is 13.0 Å². The zero-order valence-electron chi connectivity index (χ0n) is 20.3. The first kappa shape index (κ1) is 23.4. The lowest BCUT2D eigenvalue weighted by molar-refractivity contribution is -0.111. The van der Waals surface area contributed by atoms with Crippen LogP contribution in [0.1, 0.15) is 43.4 Å². The van der Waals surface area contributed by atoms with Crippen molar-refractivity contribution in [2.45, 2.75) is 40.0 Å². The summed E-state index contributed by atoms with van der Waals surface area (Å²) in [7, 11) is 1.63. The van der Waals surface area contributed by atoms with E-state index in [-0.39, 0.29) is 5.91 Å². The fraction of sp³-hybridized carbons (Fsp3) is 0.233. The molecular weight excluding hydrogens is 422 g/mol. The number of allylic oxidation sites excluding steroid dienone is 1. The highest BCUT2D eigenvalue weighted by molar-refractivity contribution is 6.05. The van der Waals surface area contributed by atoms with Crippen LogP contribution in [-0.2, 0) is 11.2 Å². The van der Waals surface area contributed by atoms with E-state index in [4.69, 9.17) is 9.15 Å². The van der Waals surface area contributed by atoms with E-state index in [0.29, 0.717) is 5.75 Å². The van der Waals surface area contributed by atoms with E-state index < -0.39 is 0 Å². The normalized spacial score (nSPS) is 11.6. The highest BCUT2D eigenvalue weighted by Gasteiger charge is 2.15. The predicted molar refractivity (Wildman–Crippen MR) is 140 cm³/mol. The lowest BCUT2D eigenvalue weighted by Crippen LogP contribution is -2.08. The van der Waals surface area contributed by atoms with Crippen molar-refractivity contribution in [1.29, 1.82) is 0 Å². The Hall–Kier alpha value is -3.79. The maximum Gasteiger partial charge on any atom is 0.248 e. The third-order valence-corrected chi connectivity index (χ3v) is 6.07. The molecule has 0 aliphatic carbocycles. The Kier molecular flexibility index (Phi) is 7.17. The minimum Gasteiger partial charge on any atom is -0.496 e. The summed E-state index contributed by atoms with van der Waals surface area (Å²) in [6.07, 6.45) is 6.78. The van der Waals surface area contributed by atoms with Crippen LogP contribution in [0.2, 0.25) is 0 Å². The monoisotopic (exact) mass is 453 g/mol. The summed E-state index contributed by atoms with van der Waals surface area (Å²) in [4.78, 5) is 12.7. The number of hydrogen-bond donors (Lipinski definition) is 1. The van der Waals surface area contributed by atoms with Crippen LogP contribution in [0.3, 0.4) is 0 Å². The Labute approximate surface area is 201 Å². The molecule has 0 saturated carbocycles. The number of carbonyl (C=O) groups excluding carboxylic acids is 1. The number of fused-ring (bicyclic) bond motifs is 1. The molecule has 0 aliphatic rings. The van der Waals surface area contributed by atoms with E-state index in [1.807, 2.05) is 31.2 Å². The summed E-state index contributed by atoms with van der Waals surface area (Å²) in [5.41, 5.74) is 7.79. The fourth-order valence-electron chi connectivity index (χ4n) is 4.08. The highest BCUT2D eigenvalue weighted by Crippen LogP contribution is 2.37. The first-order valence-electron chi connectivity index (χ1n) is 11.7. The number of carbonyl (C=O) groups is 1. The molecule has 3 aromatic carbocycles. The fourth-order valence-corrected chi connectivity index (χ4v) is 4.08. The van der Waals surface area contributed by atoms with Gasteiger partial charge in [-0.05, 0) is 61.6 Å². The quantitative estimate of drug-likeness (QED) is 0.277. The first-order chi connectivity index (χ1) is 16.5. The topological polar surface area (TPSA) is 51.5 Å². The van der Waals surface area contributed by atoms with Crippen molar-refractivity contribution < 1.29 is 13.9 Å². The third-order valence-electron chi connectivity index (χ3n) is 6.07. The molecule has 0 bridgehead atoms. The Balaban J connectivity index is 1.60. The molecule has 0 spiro atoms. The number of anilines is 1. The molecule has 0 saturated heterocycles. The van der Waals surface area contributed by atoms with Crippen molar-refractivity contribution >= 4 is 28.1 Å². The van der Waals surface area contributed by atoms with Gasteiger partial charge < -0.3 is 14.5 Å². The number of rotatable bonds is 8. The van der Waals surface area contributed by atoms with Crippen LogP contribution in [0.4, 0.5) is 5.69 Å². The van der Waals surface area contributed by atoms with E-state index in [9.17, 15) is 4.79 Å². The molecule has 1 amide bonds. The summed E-state index contributed by atoms with van der Waals surface area (Å²) >= 11 is 0. The van der Waals surface area contributed by atoms with Gasteiger partial charge in [0.05, 0.1) is 13.4 Å². The van der Waals surface area contributed by atoms with Gasteiger partial charge in [0.25, 0.3) is 0 Å². The Morgan fingerprint density at radius 3 is 2.47 bits per heavy atom. The second-order valence-corrected chi connectivity index (χ2v) is 8.68. The Morgan fingerprint density at radius 2 is 1.79 bits per heavy atom. The number of hydrogen-bond acceptors (Lipinski definition) is 3. The van der Waals surface area contributed by atoms with Gasteiger partial charge in [0.1, 0.15) is 11.3 Å². The standard InChI is InChI=1S/C30H31NO3/c1-5-6-7-22-10-14-24(15-11-22)31-30(32)16-21(3)25-17-26-27(23-12-8-20(2)9-13-23)19-34-29(26)18-28(25)33-4/h8-19H,5-7H2,1-4H3,(H,31,32)/b21-16+.